The molecule has 2 aromatic carbocycles. The Morgan fingerprint density at radius 2 is 1.68 bits per heavy atom. The molecular formula is C22H26Cl2N2O4S. The first-order chi connectivity index (χ1) is 14.8. The molecule has 2 aromatic rings. The minimum atomic E-state index is -3.83. The summed E-state index contributed by atoms with van der Waals surface area (Å²) in [5, 5.41) is 0.193. The Balaban J connectivity index is 1.68. The third-order valence-electron chi connectivity index (χ3n) is 5.41. The van der Waals surface area contributed by atoms with Gasteiger partial charge in [0.05, 0.1) is 16.7 Å². The van der Waals surface area contributed by atoms with Gasteiger partial charge in [0.25, 0.3) is 0 Å². The lowest BCUT2D eigenvalue weighted by Gasteiger charge is -2.34. The highest BCUT2D eigenvalue weighted by Crippen LogP contribution is 2.33. The van der Waals surface area contributed by atoms with Crippen LogP contribution in [-0.2, 0) is 26.1 Å². The molecule has 0 N–H and O–H groups in total. The van der Waals surface area contributed by atoms with Crippen LogP contribution in [0.1, 0.15) is 18.4 Å². The van der Waals surface area contributed by atoms with Crippen LogP contribution in [0.4, 0.5) is 0 Å². The van der Waals surface area contributed by atoms with E-state index in [0.717, 1.165) is 5.56 Å². The Kier molecular flexibility index (Phi) is 8.36. The van der Waals surface area contributed by atoms with Crippen LogP contribution >= 0.6 is 23.2 Å². The zero-order valence-electron chi connectivity index (χ0n) is 17.3. The molecule has 0 spiro atoms. The maximum absolute atomic E-state index is 13.2. The third-order valence-corrected chi connectivity index (χ3v) is 8.27. The third kappa shape index (κ3) is 5.79. The molecule has 0 saturated carbocycles. The summed E-state index contributed by atoms with van der Waals surface area (Å²) in [6.07, 6.45) is 0.886. The number of benzene rings is 2. The number of nitrogens with zero attached hydrogens (tertiary/aromatic N) is 2. The fourth-order valence-electron chi connectivity index (χ4n) is 3.73. The van der Waals surface area contributed by atoms with Gasteiger partial charge >= 0.3 is 0 Å². The van der Waals surface area contributed by atoms with Crippen LogP contribution in [0.3, 0.4) is 0 Å². The van der Waals surface area contributed by atoms with Crippen molar-refractivity contribution >= 4 is 39.1 Å². The Morgan fingerprint density at radius 3 is 2.26 bits per heavy atom. The quantitative estimate of drug-likeness (QED) is 0.566. The average Bonchev–Trinajstić information content (AvgIpc) is 2.76. The molecular weight excluding hydrogens is 459 g/mol. The molecule has 0 unspecified atom stereocenters. The number of carbonyl (C=O) groups is 1. The number of amides is 1. The second kappa shape index (κ2) is 10.8. The van der Waals surface area contributed by atoms with Crippen molar-refractivity contribution in [1.82, 2.24) is 9.21 Å². The van der Waals surface area contributed by atoms with Gasteiger partial charge in [0.1, 0.15) is 4.90 Å². The van der Waals surface area contributed by atoms with Crippen molar-refractivity contribution in [2.75, 3.05) is 33.4 Å². The number of sulfonamides is 1. The molecule has 0 aromatic heterocycles. The standard InChI is InChI=1S/C22H26Cl2N2O4S/c1-30-15-14-25(16-17-6-3-2-4-7-17)22(27)18-10-12-26(13-11-18)31(28,29)21-19(23)8-5-9-20(21)24/h2-9,18H,10-16H2,1H3. The van der Waals surface area contributed by atoms with E-state index in [4.69, 9.17) is 27.9 Å². The summed E-state index contributed by atoms with van der Waals surface area (Å²) < 4.78 is 32.7. The lowest BCUT2D eigenvalue weighted by Crippen LogP contribution is -2.45. The van der Waals surface area contributed by atoms with Crippen LogP contribution in [0, 0.1) is 5.92 Å². The van der Waals surface area contributed by atoms with Crippen molar-refractivity contribution in [3.63, 3.8) is 0 Å². The van der Waals surface area contributed by atoms with Crippen molar-refractivity contribution in [1.29, 1.82) is 0 Å². The molecule has 31 heavy (non-hydrogen) atoms. The molecule has 0 radical (unpaired) electrons. The number of hydrogen-bond donors (Lipinski definition) is 0. The average molecular weight is 485 g/mol. The van der Waals surface area contributed by atoms with E-state index in [1.807, 2.05) is 30.3 Å². The van der Waals surface area contributed by atoms with Crippen LogP contribution in [0.2, 0.25) is 10.0 Å². The van der Waals surface area contributed by atoms with E-state index in [1.165, 1.54) is 16.4 Å². The zero-order valence-corrected chi connectivity index (χ0v) is 19.7. The Labute approximate surface area is 193 Å². The molecule has 168 valence electrons. The van der Waals surface area contributed by atoms with Gasteiger partial charge < -0.3 is 9.64 Å². The number of hydrogen-bond acceptors (Lipinski definition) is 4. The van der Waals surface area contributed by atoms with Gasteiger partial charge in [-0.3, -0.25) is 4.79 Å². The summed E-state index contributed by atoms with van der Waals surface area (Å²) in [6, 6.07) is 14.4. The van der Waals surface area contributed by atoms with Crippen molar-refractivity contribution < 1.29 is 17.9 Å². The number of ether oxygens (including phenoxy) is 1. The second-order valence-electron chi connectivity index (χ2n) is 7.47. The normalized spacial score (nSPS) is 15.7. The molecule has 0 bridgehead atoms. The molecule has 1 heterocycles. The number of halogens is 2. The first-order valence-corrected chi connectivity index (χ1v) is 12.3. The Morgan fingerprint density at radius 1 is 1.06 bits per heavy atom. The van der Waals surface area contributed by atoms with Gasteiger partial charge in [0, 0.05) is 39.2 Å². The van der Waals surface area contributed by atoms with Crippen molar-refractivity contribution in [3.8, 4) is 0 Å². The summed E-state index contributed by atoms with van der Waals surface area (Å²) in [7, 11) is -2.23. The van der Waals surface area contributed by atoms with Gasteiger partial charge in [0.15, 0.2) is 0 Å². The number of piperidine rings is 1. The van der Waals surface area contributed by atoms with Gasteiger partial charge in [-0.05, 0) is 30.5 Å². The summed E-state index contributed by atoms with van der Waals surface area (Å²) in [5.41, 5.74) is 1.04. The predicted molar refractivity (Wildman–Crippen MR) is 122 cm³/mol. The highest BCUT2D eigenvalue weighted by atomic mass is 35.5. The Hall–Kier alpha value is -1.64. The lowest BCUT2D eigenvalue weighted by molar-refractivity contribution is -0.138. The summed E-state index contributed by atoms with van der Waals surface area (Å²) in [6.45, 7) is 1.90. The first kappa shape index (κ1) is 24.0. The van der Waals surface area contributed by atoms with Gasteiger partial charge in [-0.25, -0.2) is 8.42 Å². The largest absolute Gasteiger partial charge is 0.383 e. The molecule has 6 nitrogen and oxygen atoms in total. The fraction of sp³-hybridized carbons (Fsp3) is 0.409. The topological polar surface area (TPSA) is 66.9 Å². The maximum atomic E-state index is 13.2. The molecule has 9 heteroatoms. The van der Waals surface area contributed by atoms with Crippen LogP contribution < -0.4 is 0 Å². The van der Waals surface area contributed by atoms with Gasteiger partial charge in [0.2, 0.25) is 15.9 Å². The van der Waals surface area contributed by atoms with Crippen LogP contribution in [0.15, 0.2) is 53.4 Å². The number of carbonyl (C=O) groups excluding carboxylic acids is 1. The molecule has 1 aliphatic heterocycles. The fourth-order valence-corrected chi connectivity index (χ4v) is 6.29. The number of methoxy groups -OCH3 is 1. The second-order valence-corrected chi connectivity index (χ2v) is 10.2. The molecule has 0 aliphatic carbocycles. The highest BCUT2D eigenvalue weighted by Gasteiger charge is 2.35. The minimum absolute atomic E-state index is 0.0220. The van der Waals surface area contributed by atoms with E-state index in [-0.39, 0.29) is 39.9 Å². The van der Waals surface area contributed by atoms with Gasteiger partial charge in [-0.2, -0.15) is 4.31 Å². The monoisotopic (exact) mass is 484 g/mol. The van der Waals surface area contributed by atoms with E-state index >= 15 is 0 Å². The molecule has 1 saturated heterocycles. The van der Waals surface area contributed by atoms with Crippen molar-refractivity contribution in [2.24, 2.45) is 5.92 Å². The van der Waals surface area contributed by atoms with Crippen molar-refractivity contribution in [2.45, 2.75) is 24.3 Å². The SMILES string of the molecule is COCCN(Cc1ccccc1)C(=O)C1CCN(S(=O)(=O)c2c(Cl)cccc2Cl)CC1. The minimum Gasteiger partial charge on any atom is -0.383 e. The van der Waals surface area contributed by atoms with Crippen LogP contribution in [0.5, 0.6) is 0 Å². The van der Waals surface area contributed by atoms with E-state index in [0.29, 0.717) is 32.5 Å². The van der Waals surface area contributed by atoms with E-state index in [1.54, 1.807) is 18.1 Å². The molecule has 1 fully saturated rings. The summed E-state index contributed by atoms with van der Waals surface area (Å²) in [4.78, 5) is 14.9. The Bertz CT molecular complexity index is 974. The molecule has 3 rings (SSSR count). The maximum Gasteiger partial charge on any atom is 0.246 e. The lowest BCUT2D eigenvalue weighted by atomic mass is 9.96. The van der Waals surface area contributed by atoms with Gasteiger partial charge in [-0.1, -0.05) is 59.6 Å². The van der Waals surface area contributed by atoms with E-state index in [9.17, 15) is 13.2 Å². The molecule has 1 amide bonds. The zero-order chi connectivity index (χ0) is 22.4. The van der Waals surface area contributed by atoms with Crippen molar-refractivity contribution in [3.05, 3.63) is 64.1 Å². The van der Waals surface area contributed by atoms with Crippen LogP contribution in [0.25, 0.3) is 0 Å². The van der Waals surface area contributed by atoms with E-state index < -0.39 is 10.0 Å². The van der Waals surface area contributed by atoms with Crippen LogP contribution in [-0.4, -0.2) is 56.9 Å². The first-order valence-electron chi connectivity index (χ1n) is 10.1. The number of rotatable bonds is 8. The molecule has 1 aliphatic rings. The highest BCUT2D eigenvalue weighted by molar-refractivity contribution is 7.89. The van der Waals surface area contributed by atoms with E-state index in [2.05, 4.69) is 0 Å². The molecule has 0 atom stereocenters. The van der Waals surface area contributed by atoms with Gasteiger partial charge in [-0.15, -0.1) is 0 Å². The predicted octanol–water partition coefficient (Wildman–Crippen LogP) is 4.07. The summed E-state index contributed by atoms with van der Waals surface area (Å²) >= 11 is 12.2. The summed E-state index contributed by atoms with van der Waals surface area (Å²) in [5.74, 6) is -0.220. The smallest absolute Gasteiger partial charge is 0.246 e.